The third kappa shape index (κ3) is 1.99. The topological polar surface area (TPSA) is 34.9 Å². The Labute approximate surface area is 98.7 Å². The highest BCUT2D eigenvalue weighted by atomic mass is 35.5. The first-order chi connectivity index (χ1) is 7.58. The van der Waals surface area contributed by atoms with Crippen molar-refractivity contribution in [3.63, 3.8) is 0 Å². The summed E-state index contributed by atoms with van der Waals surface area (Å²) in [5.41, 5.74) is 2.38. The first kappa shape index (κ1) is 10.9. The smallest absolute Gasteiger partial charge is 0.161 e. The van der Waals surface area contributed by atoms with Crippen molar-refractivity contribution in [2.24, 2.45) is 0 Å². The van der Waals surface area contributed by atoms with Crippen molar-refractivity contribution in [3.05, 3.63) is 47.0 Å². The van der Waals surface area contributed by atoms with Crippen LogP contribution in [0.1, 0.15) is 23.0 Å². The number of carbonyl (C=O) groups excluding carboxylic acids is 1. The molecule has 0 aliphatic carbocycles. The van der Waals surface area contributed by atoms with Gasteiger partial charge in [0.15, 0.2) is 5.78 Å². The van der Waals surface area contributed by atoms with E-state index in [1.54, 1.807) is 18.5 Å². The van der Waals surface area contributed by atoms with Gasteiger partial charge >= 0.3 is 0 Å². The second-order valence-electron chi connectivity index (χ2n) is 3.64. The van der Waals surface area contributed by atoms with Crippen molar-refractivity contribution in [1.29, 1.82) is 0 Å². The predicted molar refractivity (Wildman–Crippen MR) is 63.3 cm³/mol. The van der Waals surface area contributed by atoms with Gasteiger partial charge in [0, 0.05) is 17.4 Å². The van der Waals surface area contributed by atoms with E-state index in [2.05, 4.69) is 4.98 Å². The average Bonchev–Trinajstić information content (AvgIpc) is 2.64. The summed E-state index contributed by atoms with van der Waals surface area (Å²) in [6.45, 7) is 3.42. The number of Topliss-reactive ketones (excluding diaryl/α,β-unsaturated/α-hetero) is 1. The number of hydrogen-bond donors (Lipinski definition) is 0. The van der Waals surface area contributed by atoms with Crippen molar-refractivity contribution < 1.29 is 4.79 Å². The van der Waals surface area contributed by atoms with Gasteiger partial charge in [-0.05, 0) is 32.0 Å². The van der Waals surface area contributed by atoms with Crippen molar-refractivity contribution in [2.75, 3.05) is 0 Å². The van der Waals surface area contributed by atoms with E-state index in [0.29, 0.717) is 10.6 Å². The summed E-state index contributed by atoms with van der Waals surface area (Å²) in [5, 5.41) is 0.469. The lowest BCUT2D eigenvalue weighted by Gasteiger charge is -2.05. The Morgan fingerprint density at radius 3 is 2.69 bits per heavy atom. The lowest BCUT2D eigenvalue weighted by molar-refractivity contribution is 0.101. The van der Waals surface area contributed by atoms with Crippen molar-refractivity contribution in [1.82, 2.24) is 9.55 Å². The van der Waals surface area contributed by atoms with Gasteiger partial charge in [0.25, 0.3) is 0 Å². The van der Waals surface area contributed by atoms with Crippen LogP contribution in [0.25, 0.3) is 5.69 Å². The zero-order chi connectivity index (χ0) is 11.7. The first-order valence-corrected chi connectivity index (χ1v) is 5.27. The summed E-state index contributed by atoms with van der Waals surface area (Å²) in [6.07, 6.45) is 3.62. The Kier molecular flexibility index (Phi) is 2.79. The molecule has 82 valence electrons. The number of halogens is 1. The van der Waals surface area contributed by atoms with Gasteiger partial charge in [-0.2, -0.15) is 0 Å². The third-order valence-electron chi connectivity index (χ3n) is 2.34. The van der Waals surface area contributed by atoms with E-state index in [1.165, 1.54) is 6.92 Å². The number of nitrogens with zero attached hydrogens (tertiary/aromatic N) is 2. The van der Waals surface area contributed by atoms with Gasteiger partial charge in [-0.1, -0.05) is 11.6 Å². The number of carbonyl (C=O) groups is 1. The largest absolute Gasteiger partial charge is 0.306 e. The number of rotatable bonds is 2. The molecule has 0 aliphatic heterocycles. The molecule has 2 aromatic rings. The third-order valence-corrected chi connectivity index (χ3v) is 2.65. The maximum Gasteiger partial charge on any atom is 0.161 e. The van der Waals surface area contributed by atoms with Gasteiger partial charge in [0.1, 0.15) is 0 Å². The van der Waals surface area contributed by atoms with Crippen LogP contribution in [0.4, 0.5) is 0 Å². The van der Waals surface area contributed by atoms with E-state index >= 15 is 0 Å². The molecule has 1 aromatic carbocycles. The molecule has 1 heterocycles. The van der Waals surface area contributed by atoms with E-state index in [0.717, 1.165) is 11.4 Å². The maximum absolute atomic E-state index is 11.2. The lowest BCUT2D eigenvalue weighted by atomic mass is 10.1. The van der Waals surface area contributed by atoms with Gasteiger partial charge < -0.3 is 4.57 Å². The van der Waals surface area contributed by atoms with E-state index in [1.807, 2.05) is 23.8 Å². The van der Waals surface area contributed by atoms with Crippen LogP contribution < -0.4 is 0 Å². The minimum Gasteiger partial charge on any atom is -0.306 e. The monoisotopic (exact) mass is 234 g/mol. The van der Waals surface area contributed by atoms with Crippen LogP contribution in [0.15, 0.2) is 30.7 Å². The van der Waals surface area contributed by atoms with E-state index in [4.69, 9.17) is 11.6 Å². The van der Waals surface area contributed by atoms with Gasteiger partial charge in [-0.3, -0.25) is 4.79 Å². The Bertz CT molecular complexity index is 546. The zero-order valence-electron chi connectivity index (χ0n) is 9.07. The van der Waals surface area contributed by atoms with Crippen LogP contribution in [-0.2, 0) is 0 Å². The summed E-state index contributed by atoms with van der Waals surface area (Å²) in [4.78, 5) is 15.3. The molecule has 0 unspecified atom stereocenters. The number of imidazole rings is 1. The number of benzene rings is 1. The predicted octanol–water partition coefficient (Wildman–Crippen LogP) is 3.04. The summed E-state index contributed by atoms with van der Waals surface area (Å²) in [5.74, 6) is -0.0293. The maximum atomic E-state index is 11.2. The molecule has 0 spiro atoms. The first-order valence-electron chi connectivity index (χ1n) is 4.89. The molecule has 1 aromatic heterocycles. The highest BCUT2D eigenvalue weighted by Crippen LogP contribution is 2.20. The minimum absolute atomic E-state index is 0.0293. The van der Waals surface area contributed by atoms with E-state index in [9.17, 15) is 4.79 Å². The molecular weight excluding hydrogens is 224 g/mol. The molecule has 0 saturated heterocycles. The molecule has 0 amide bonds. The van der Waals surface area contributed by atoms with E-state index < -0.39 is 0 Å². The molecule has 0 N–H and O–H groups in total. The molecule has 0 bridgehead atoms. The number of aryl methyl sites for hydroxylation is 1. The van der Waals surface area contributed by atoms with Crippen molar-refractivity contribution in [3.8, 4) is 5.69 Å². The molecule has 0 saturated carbocycles. The molecule has 4 heteroatoms. The molecule has 2 rings (SSSR count). The average molecular weight is 235 g/mol. The summed E-state index contributed by atoms with van der Waals surface area (Å²) in [6, 6.07) is 5.35. The second kappa shape index (κ2) is 4.10. The SMILES string of the molecule is CC(=O)c1ccc(-n2cnc(C)c2)cc1Cl. The van der Waals surface area contributed by atoms with Crippen LogP contribution >= 0.6 is 11.6 Å². The minimum atomic E-state index is -0.0293. The van der Waals surface area contributed by atoms with Gasteiger partial charge in [-0.25, -0.2) is 4.98 Å². The molecule has 0 atom stereocenters. The zero-order valence-corrected chi connectivity index (χ0v) is 9.82. The van der Waals surface area contributed by atoms with Gasteiger partial charge in [0.05, 0.1) is 17.0 Å². The standard InChI is InChI=1S/C12H11ClN2O/c1-8-6-15(7-14-8)10-3-4-11(9(2)16)12(13)5-10/h3-7H,1-2H3. The highest BCUT2D eigenvalue weighted by Gasteiger charge is 2.07. The van der Waals surface area contributed by atoms with Crippen LogP contribution in [0.3, 0.4) is 0 Å². The van der Waals surface area contributed by atoms with Crippen LogP contribution in [0, 0.1) is 6.92 Å². The molecular formula is C12H11ClN2O. The Balaban J connectivity index is 2.45. The lowest BCUT2D eigenvalue weighted by Crippen LogP contribution is -1.96. The molecule has 3 nitrogen and oxygen atoms in total. The summed E-state index contributed by atoms with van der Waals surface area (Å²) < 4.78 is 1.87. The van der Waals surface area contributed by atoms with E-state index in [-0.39, 0.29) is 5.78 Å². The van der Waals surface area contributed by atoms with Gasteiger partial charge in [0.2, 0.25) is 0 Å². The Morgan fingerprint density at radius 1 is 1.44 bits per heavy atom. The summed E-state index contributed by atoms with van der Waals surface area (Å²) >= 11 is 6.03. The second-order valence-corrected chi connectivity index (χ2v) is 4.05. The van der Waals surface area contributed by atoms with Crippen LogP contribution in [-0.4, -0.2) is 15.3 Å². The van der Waals surface area contributed by atoms with Crippen molar-refractivity contribution >= 4 is 17.4 Å². The fourth-order valence-electron chi connectivity index (χ4n) is 1.51. The number of hydrogen-bond acceptors (Lipinski definition) is 2. The number of ketones is 1. The van der Waals surface area contributed by atoms with Crippen LogP contribution in [0.5, 0.6) is 0 Å². The number of aromatic nitrogens is 2. The molecule has 16 heavy (non-hydrogen) atoms. The fraction of sp³-hybridized carbons (Fsp3) is 0.167. The van der Waals surface area contributed by atoms with Crippen LogP contribution in [0.2, 0.25) is 5.02 Å². The normalized spacial score (nSPS) is 10.4. The molecule has 0 radical (unpaired) electrons. The summed E-state index contributed by atoms with van der Waals surface area (Å²) in [7, 11) is 0. The highest BCUT2D eigenvalue weighted by molar-refractivity contribution is 6.34. The fourth-order valence-corrected chi connectivity index (χ4v) is 1.82. The molecule has 0 fully saturated rings. The quantitative estimate of drug-likeness (QED) is 0.749. The Morgan fingerprint density at radius 2 is 2.19 bits per heavy atom. The Hall–Kier alpha value is -1.61. The van der Waals surface area contributed by atoms with Crippen molar-refractivity contribution in [2.45, 2.75) is 13.8 Å². The molecule has 0 aliphatic rings. The van der Waals surface area contributed by atoms with Gasteiger partial charge in [-0.15, -0.1) is 0 Å².